The summed E-state index contributed by atoms with van der Waals surface area (Å²) in [6, 6.07) is 18.8. The summed E-state index contributed by atoms with van der Waals surface area (Å²) in [7, 11) is 0. The van der Waals surface area contributed by atoms with Crippen molar-refractivity contribution in [2.24, 2.45) is 23.7 Å². The molecule has 1 saturated heterocycles. The third kappa shape index (κ3) is 4.63. The first-order chi connectivity index (χ1) is 16.8. The molecule has 0 aromatic heterocycles. The number of alkyl halides is 1. The van der Waals surface area contributed by atoms with E-state index in [1.165, 1.54) is 73.6 Å². The molecule has 0 radical (unpaired) electrons. The molecule has 2 aromatic rings. The molecule has 3 aliphatic carbocycles. The Bertz CT molecular complexity index is 1000. The molecule has 2 aromatic carbocycles. The van der Waals surface area contributed by atoms with Crippen LogP contribution in [0.1, 0.15) is 73.6 Å². The lowest BCUT2D eigenvalue weighted by atomic mass is 9.73. The maximum absolute atomic E-state index is 12.4. The van der Waals surface area contributed by atoms with Crippen LogP contribution in [-0.4, -0.2) is 31.2 Å². The molecular weight excluding hydrogens is 417 g/mol. The zero-order valence-electron chi connectivity index (χ0n) is 20.7. The van der Waals surface area contributed by atoms with Crippen LogP contribution in [0.3, 0.4) is 0 Å². The quantitative estimate of drug-likeness (QED) is 0.416. The van der Waals surface area contributed by atoms with Gasteiger partial charge in [0.25, 0.3) is 0 Å². The number of hydrogen-bond acceptors (Lipinski definition) is 1. The van der Waals surface area contributed by atoms with Gasteiger partial charge in [-0.1, -0.05) is 66.9 Å². The lowest BCUT2D eigenvalue weighted by molar-refractivity contribution is 0.0968. The monoisotopic (exact) mass is 457 g/mol. The molecule has 4 aliphatic rings. The fourth-order valence-corrected chi connectivity index (χ4v) is 7.70. The predicted octanol–water partition coefficient (Wildman–Crippen LogP) is 7.49. The van der Waals surface area contributed by atoms with Crippen LogP contribution < -0.4 is 0 Å². The van der Waals surface area contributed by atoms with E-state index in [4.69, 9.17) is 0 Å². The highest BCUT2D eigenvalue weighted by Gasteiger charge is 2.37. The van der Waals surface area contributed by atoms with E-state index in [1.807, 2.05) is 0 Å². The van der Waals surface area contributed by atoms with Crippen LogP contribution in [0.4, 0.5) is 4.39 Å². The second-order valence-corrected chi connectivity index (χ2v) is 11.7. The van der Waals surface area contributed by atoms with Gasteiger partial charge in [-0.05, 0) is 103 Å². The van der Waals surface area contributed by atoms with E-state index in [0.717, 1.165) is 49.7 Å². The van der Waals surface area contributed by atoms with Gasteiger partial charge in [0.2, 0.25) is 0 Å². The Kier molecular flexibility index (Phi) is 6.61. The van der Waals surface area contributed by atoms with Crippen molar-refractivity contribution in [2.75, 3.05) is 26.3 Å². The summed E-state index contributed by atoms with van der Waals surface area (Å²) in [5.74, 6) is 3.48. The minimum absolute atomic E-state index is 0.189. The van der Waals surface area contributed by atoms with Crippen LogP contribution >= 0.6 is 0 Å². The van der Waals surface area contributed by atoms with Gasteiger partial charge in [0.15, 0.2) is 0 Å². The molecule has 2 heteroatoms. The van der Waals surface area contributed by atoms with Gasteiger partial charge in [0, 0.05) is 19.6 Å². The molecule has 0 spiro atoms. The third-order valence-corrected chi connectivity index (χ3v) is 9.29. The Balaban J connectivity index is 1.26. The second kappa shape index (κ2) is 9.97. The van der Waals surface area contributed by atoms with E-state index >= 15 is 0 Å². The summed E-state index contributed by atoms with van der Waals surface area (Å²) in [4.78, 5) is 2.40. The average molecular weight is 458 g/mol. The number of fused-ring (bicyclic) bond motifs is 3. The standard InChI is InChI=1S/C32H40FN/c33-15-4-16-34-21-26(22-34)17-23-11-13-28(14-12-23)32-30-7-2-1-5-27(30)6-3-8-31(32)29-19-24-9-10-25(18-24)20-29/h1-2,5,7,11-14,24-26,29H,3-4,6,8-10,15-22H2. The molecule has 6 rings (SSSR count). The number of allylic oxidation sites excluding steroid dienone is 1. The van der Waals surface area contributed by atoms with Crippen molar-refractivity contribution in [3.05, 3.63) is 76.4 Å². The van der Waals surface area contributed by atoms with Crippen LogP contribution in [0.2, 0.25) is 0 Å². The molecule has 180 valence electrons. The molecule has 0 N–H and O–H groups in total. The van der Waals surface area contributed by atoms with E-state index in [1.54, 1.807) is 11.1 Å². The van der Waals surface area contributed by atoms with Gasteiger partial charge in [0.05, 0.1) is 6.67 Å². The number of aryl methyl sites for hydroxylation is 1. The van der Waals surface area contributed by atoms with Crippen LogP contribution in [0.15, 0.2) is 54.1 Å². The van der Waals surface area contributed by atoms with Gasteiger partial charge in [0.1, 0.15) is 0 Å². The Hall–Kier alpha value is -1.93. The largest absolute Gasteiger partial charge is 0.303 e. The molecular formula is C32H40FN. The third-order valence-electron chi connectivity index (χ3n) is 9.29. The Labute approximate surface area is 205 Å². The summed E-state index contributed by atoms with van der Waals surface area (Å²) >= 11 is 0. The van der Waals surface area contributed by atoms with Crippen molar-refractivity contribution in [1.82, 2.24) is 4.90 Å². The molecule has 2 bridgehead atoms. The number of hydrogen-bond donors (Lipinski definition) is 0. The normalized spacial score (nSPS) is 27.4. The van der Waals surface area contributed by atoms with Crippen molar-refractivity contribution >= 4 is 5.57 Å². The molecule has 1 aliphatic heterocycles. The molecule has 2 unspecified atom stereocenters. The maximum atomic E-state index is 12.4. The summed E-state index contributed by atoms with van der Waals surface area (Å²) in [6.07, 6.45) is 12.9. The first kappa shape index (κ1) is 22.5. The smallest absolute Gasteiger partial charge is 0.0906 e. The van der Waals surface area contributed by atoms with E-state index in [-0.39, 0.29) is 6.67 Å². The van der Waals surface area contributed by atoms with E-state index in [0.29, 0.717) is 6.42 Å². The SMILES string of the molecule is FCCCN1CC(Cc2ccc(C3=C(C4CC5CCC(C5)C4)CCCc4ccccc43)cc2)C1. The number of likely N-dealkylation sites (tertiary alicyclic amines) is 1. The first-order valence-corrected chi connectivity index (χ1v) is 14.0. The minimum Gasteiger partial charge on any atom is -0.303 e. The topological polar surface area (TPSA) is 3.24 Å². The van der Waals surface area contributed by atoms with Gasteiger partial charge >= 0.3 is 0 Å². The fraction of sp³-hybridized carbons (Fsp3) is 0.562. The van der Waals surface area contributed by atoms with Crippen molar-refractivity contribution in [3.63, 3.8) is 0 Å². The van der Waals surface area contributed by atoms with Crippen LogP contribution in [0.5, 0.6) is 0 Å². The highest BCUT2D eigenvalue weighted by Crippen LogP contribution is 2.50. The number of benzene rings is 2. The molecule has 2 atom stereocenters. The summed E-state index contributed by atoms with van der Waals surface area (Å²) in [5.41, 5.74) is 9.29. The fourth-order valence-electron chi connectivity index (χ4n) is 7.70. The zero-order chi connectivity index (χ0) is 22.9. The van der Waals surface area contributed by atoms with Crippen LogP contribution in [0.25, 0.3) is 5.57 Å². The van der Waals surface area contributed by atoms with Gasteiger partial charge in [-0.3, -0.25) is 4.39 Å². The van der Waals surface area contributed by atoms with Gasteiger partial charge in [-0.15, -0.1) is 0 Å². The van der Waals surface area contributed by atoms with Crippen LogP contribution in [-0.2, 0) is 12.8 Å². The molecule has 1 heterocycles. The Morgan fingerprint density at radius 3 is 2.38 bits per heavy atom. The maximum Gasteiger partial charge on any atom is 0.0906 e. The molecule has 3 fully saturated rings. The summed E-state index contributed by atoms with van der Waals surface area (Å²) in [5, 5.41) is 0. The average Bonchev–Trinajstić information content (AvgIpc) is 3.06. The highest BCUT2D eigenvalue weighted by atomic mass is 19.1. The van der Waals surface area contributed by atoms with Crippen LogP contribution in [0, 0.1) is 23.7 Å². The Morgan fingerprint density at radius 1 is 0.853 bits per heavy atom. The lowest BCUT2D eigenvalue weighted by Gasteiger charge is -2.39. The van der Waals surface area contributed by atoms with Crippen molar-refractivity contribution in [2.45, 2.75) is 64.2 Å². The Morgan fingerprint density at radius 2 is 1.62 bits per heavy atom. The molecule has 1 nitrogen and oxygen atoms in total. The predicted molar refractivity (Wildman–Crippen MR) is 140 cm³/mol. The zero-order valence-corrected chi connectivity index (χ0v) is 20.7. The molecule has 0 amide bonds. The van der Waals surface area contributed by atoms with E-state index in [9.17, 15) is 4.39 Å². The van der Waals surface area contributed by atoms with Crippen molar-refractivity contribution in [1.29, 1.82) is 0 Å². The van der Waals surface area contributed by atoms with E-state index < -0.39 is 0 Å². The molecule has 2 saturated carbocycles. The number of halogens is 1. The summed E-state index contributed by atoms with van der Waals surface area (Å²) in [6.45, 7) is 3.00. The lowest BCUT2D eigenvalue weighted by Crippen LogP contribution is -2.47. The summed E-state index contributed by atoms with van der Waals surface area (Å²) < 4.78 is 12.4. The minimum atomic E-state index is -0.189. The van der Waals surface area contributed by atoms with Crippen molar-refractivity contribution < 1.29 is 4.39 Å². The highest BCUT2D eigenvalue weighted by molar-refractivity contribution is 5.84. The van der Waals surface area contributed by atoms with Crippen molar-refractivity contribution in [3.8, 4) is 0 Å². The number of rotatable bonds is 7. The van der Waals surface area contributed by atoms with Gasteiger partial charge in [-0.25, -0.2) is 0 Å². The van der Waals surface area contributed by atoms with E-state index in [2.05, 4.69) is 53.4 Å². The number of nitrogens with zero attached hydrogens (tertiary/aromatic N) is 1. The molecule has 34 heavy (non-hydrogen) atoms. The second-order valence-electron chi connectivity index (χ2n) is 11.7. The van der Waals surface area contributed by atoms with Gasteiger partial charge < -0.3 is 4.90 Å². The first-order valence-electron chi connectivity index (χ1n) is 14.0. The van der Waals surface area contributed by atoms with Gasteiger partial charge in [-0.2, -0.15) is 0 Å².